The third-order valence-electron chi connectivity index (χ3n) is 4.56. The lowest BCUT2D eigenvalue weighted by molar-refractivity contribution is 0.0716. The molecule has 3 atom stereocenters. The lowest BCUT2D eigenvalue weighted by Crippen LogP contribution is -2.54. The number of likely N-dealkylation sites (N-methyl/N-ethyl adjacent to an activating group) is 1. The van der Waals surface area contributed by atoms with Crippen LogP contribution in [0.5, 0.6) is 0 Å². The third kappa shape index (κ3) is 4.24. The van der Waals surface area contributed by atoms with Crippen LogP contribution in [0.1, 0.15) is 66.2 Å². The molecule has 1 aliphatic rings. The summed E-state index contributed by atoms with van der Waals surface area (Å²) in [5.41, 5.74) is 0. The Labute approximate surface area is 115 Å². The number of nitrogens with one attached hydrogen (secondary N) is 1. The molecule has 18 heavy (non-hydrogen) atoms. The summed E-state index contributed by atoms with van der Waals surface area (Å²) in [5, 5.41) is 3.57. The van der Waals surface area contributed by atoms with Crippen LogP contribution in [0.3, 0.4) is 0 Å². The van der Waals surface area contributed by atoms with E-state index in [1.807, 2.05) is 0 Å². The summed E-state index contributed by atoms with van der Waals surface area (Å²) in [6, 6.07) is 2.12. The highest BCUT2D eigenvalue weighted by Crippen LogP contribution is 2.31. The molecule has 0 saturated heterocycles. The fourth-order valence-electron chi connectivity index (χ4n) is 3.67. The highest BCUT2D eigenvalue weighted by atomic mass is 15.2. The van der Waals surface area contributed by atoms with Gasteiger partial charge in [-0.25, -0.2) is 0 Å². The lowest BCUT2D eigenvalue weighted by atomic mass is 9.79. The Hall–Kier alpha value is -0.0800. The minimum Gasteiger partial charge on any atom is -0.315 e. The molecule has 0 heterocycles. The van der Waals surface area contributed by atoms with Gasteiger partial charge in [-0.15, -0.1) is 0 Å². The van der Waals surface area contributed by atoms with Crippen LogP contribution in [0.2, 0.25) is 0 Å². The Morgan fingerprint density at radius 2 is 1.89 bits per heavy atom. The highest BCUT2D eigenvalue weighted by molar-refractivity contribution is 4.91. The van der Waals surface area contributed by atoms with Crippen molar-refractivity contribution < 1.29 is 0 Å². The van der Waals surface area contributed by atoms with Gasteiger partial charge in [0.15, 0.2) is 0 Å². The van der Waals surface area contributed by atoms with E-state index in [4.69, 9.17) is 0 Å². The summed E-state index contributed by atoms with van der Waals surface area (Å²) < 4.78 is 0. The van der Waals surface area contributed by atoms with E-state index in [0.717, 1.165) is 12.0 Å². The van der Waals surface area contributed by atoms with E-state index in [0.29, 0.717) is 12.1 Å². The zero-order chi connectivity index (χ0) is 13.5. The van der Waals surface area contributed by atoms with Gasteiger partial charge in [-0.1, -0.05) is 26.7 Å². The maximum Gasteiger partial charge on any atom is 0.0254 e. The number of nitrogens with zero attached hydrogens (tertiary/aromatic N) is 1. The van der Waals surface area contributed by atoms with Crippen molar-refractivity contribution in [1.29, 1.82) is 0 Å². The molecule has 0 bridgehead atoms. The van der Waals surface area contributed by atoms with Crippen LogP contribution in [0.15, 0.2) is 0 Å². The summed E-state index contributed by atoms with van der Waals surface area (Å²) in [6.45, 7) is 10.6. The van der Waals surface area contributed by atoms with Gasteiger partial charge in [0.2, 0.25) is 0 Å². The minimum absolute atomic E-state index is 0.672. The van der Waals surface area contributed by atoms with Crippen LogP contribution in [0.4, 0.5) is 0 Å². The summed E-state index contributed by atoms with van der Waals surface area (Å²) in [6.07, 6.45) is 8.22. The normalized spacial score (nSPS) is 29.2. The zero-order valence-corrected chi connectivity index (χ0v) is 13.2. The van der Waals surface area contributed by atoms with E-state index in [-0.39, 0.29) is 0 Å². The first-order valence-corrected chi connectivity index (χ1v) is 8.06. The number of hydrogen-bond acceptors (Lipinski definition) is 2. The van der Waals surface area contributed by atoms with Gasteiger partial charge in [0.1, 0.15) is 0 Å². The summed E-state index contributed by atoms with van der Waals surface area (Å²) in [4.78, 5) is 2.74. The predicted octanol–water partition coefficient (Wildman–Crippen LogP) is 3.66. The third-order valence-corrected chi connectivity index (χ3v) is 4.56. The van der Waals surface area contributed by atoms with Crippen LogP contribution in [-0.4, -0.2) is 36.6 Å². The van der Waals surface area contributed by atoms with Crippen LogP contribution < -0.4 is 5.32 Å². The maximum absolute atomic E-state index is 3.57. The fourth-order valence-corrected chi connectivity index (χ4v) is 3.67. The van der Waals surface area contributed by atoms with E-state index in [2.05, 4.69) is 45.0 Å². The first-order valence-electron chi connectivity index (χ1n) is 8.06. The smallest absolute Gasteiger partial charge is 0.0254 e. The molecule has 3 unspecified atom stereocenters. The monoisotopic (exact) mass is 254 g/mol. The van der Waals surface area contributed by atoms with Crippen LogP contribution in [0.25, 0.3) is 0 Å². The zero-order valence-electron chi connectivity index (χ0n) is 13.2. The van der Waals surface area contributed by atoms with Gasteiger partial charge in [0, 0.05) is 18.1 Å². The van der Waals surface area contributed by atoms with Crippen molar-refractivity contribution in [3.63, 3.8) is 0 Å². The molecule has 0 aromatic carbocycles. The summed E-state index contributed by atoms with van der Waals surface area (Å²) >= 11 is 0. The van der Waals surface area contributed by atoms with Crippen LogP contribution in [-0.2, 0) is 0 Å². The molecule has 0 aliphatic heterocycles. The van der Waals surface area contributed by atoms with Gasteiger partial charge in [-0.2, -0.15) is 0 Å². The molecule has 0 amide bonds. The molecule has 1 rings (SSSR count). The van der Waals surface area contributed by atoms with E-state index < -0.39 is 0 Å². The average Bonchev–Trinajstić information content (AvgIpc) is 2.36. The molecular formula is C16H34N2. The van der Waals surface area contributed by atoms with Gasteiger partial charge >= 0.3 is 0 Å². The number of rotatable bonds is 7. The van der Waals surface area contributed by atoms with Crippen molar-refractivity contribution >= 4 is 0 Å². The molecule has 1 aliphatic carbocycles. The van der Waals surface area contributed by atoms with Crippen molar-refractivity contribution in [1.82, 2.24) is 10.2 Å². The molecule has 1 fully saturated rings. The van der Waals surface area contributed by atoms with Gasteiger partial charge in [0.25, 0.3) is 0 Å². The first-order chi connectivity index (χ1) is 8.63. The molecular weight excluding hydrogens is 220 g/mol. The van der Waals surface area contributed by atoms with Gasteiger partial charge < -0.3 is 5.32 Å². The van der Waals surface area contributed by atoms with Crippen LogP contribution >= 0.6 is 0 Å². The molecule has 2 nitrogen and oxygen atoms in total. The SMILES string of the molecule is CCCC1CCC(NC)C(N(CCC)C(C)C)C1. The minimum atomic E-state index is 0.672. The first kappa shape index (κ1) is 16.0. The molecule has 1 N–H and O–H groups in total. The van der Waals surface area contributed by atoms with Gasteiger partial charge in [-0.05, 0) is 59.0 Å². The molecule has 1 saturated carbocycles. The van der Waals surface area contributed by atoms with Crippen molar-refractivity contribution in [2.45, 2.75) is 84.3 Å². The van der Waals surface area contributed by atoms with Crippen molar-refractivity contribution in [3.8, 4) is 0 Å². The largest absolute Gasteiger partial charge is 0.315 e. The summed E-state index contributed by atoms with van der Waals surface area (Å²) in [5.74, 6) is 0.961. The second-order valence-electron chi connectivity index (χ2n) is 6.26. The molecule has 0 aromatic rings. The Morgan fingerprint density at radius 1 is 1.17 bits per heavy atom. The quantitative estimate of drug-likeness (QED) is 0.746. The fraction of sp³-hybridized carbons (Fsp3) is 1.00. The van der Waals surface area contributed by atoms with Crippen molar-refractivity contribution in [2.24, 2.45) is 5.92 Å². The van der Waals surface area contributed by atoms with Gasteiger partial charge in [-0.3, -0.25) is 4.90 Å². The van der Waals surface area contributed by atoms with Gasteiger partial charge in [0.05, 0.1) is 0 Å². The Bertz CT molecular complexity index is 215. The molecule has 2 heteroatoms. The van der Waals surface area contributed by atoms with Crippen LogP contribution in [0, 0.1) is 5.92 Å². The Morgan fingerprint density at radius 3 is 2.39 bits per heavy atom. The topological polar surface area (TPSA) is 15.3 Å². The number of hydrogen-bond donors (Lipinski definition) is 1. The van der Waals surface area contributed by atoms with Crippen molar-refractivity contribution in [3.05, 3.63) is 0 Å². The second-order valence-corrected chi connectivity index (χ2v) is 6.26. The molecule has 0 spiro atoms. The van der Waals surface area contributed by atoms with E-state index in [9.17, 15) is 0 Å². The summed E-state index contributed by atoms with van der Waals surface area (Å²) in [7, 11) is 2.14. The lowest BCUT2D eigenvalue weighted by Gasteiger charge is -2.44. The highest BCUT2D eigenvalue weighted by Gasteiger charge is 2.33. The second kappa shape index (κ2) is 8.16. The molecule has 0 radical (unpaired) electrons. The van der Waals surface area contributed by atoms with E-state index >= 15 is 0 Å². The Balaban J connectivity index is 2.70. The van der Waals surface area contributed by atoms with E-state index in [1.165, 1.54) is 45.1 Å². The van der Waals surface area contributed by atoms with E-state index in [1.54, 1.807) is 0 Å². The average molecular weight is 254 g/mol. The predicted molar refractivity (Wildman–Crippen MR) is 81.0 cm³/mol. The molecule has 0 aromatic heterocycles. The molecule has 108 valence electrons. The van der Waals surface area contributed by atoms with Crippen molar-refractivity contribution in [2.75, 3.05) is 13.6 Å². The maximum atomic E-state index is 3.57. The Kier molecular flexibility index (Phi) is 7.25. The standard InChI is InChI=1S/C16H34N2/c1-6-8-14-9-10-15(17-5)16(12-14)18(11-7-2)13(3)4/h13-17H,6-12H2,1-5H3.